The van der Waals surface area contributed by atoms with Gasteiger partial charge >= 0.3 is 0 Å². The molecule has 0 radical (unpaired) electrons. The van der Waals surface area contributed by atoms with Crippen molar-refractivity contribution in [3.05, 3.63) is 29.8 Å². The zero-order chi connectivity index (χ0) is 15.9. The minimum Gasteiger partial charge on any atom is -0.489 e. The first-order chi connectivity index (χ1) is 11.3. The standard InChI is InChI=1S/C17H23N3O2S/c21-17(11-20-8-2-1-3-9-20)19-18-10-14-4-6-15(7-5-14)22-16-12-23-13-16/h4-7,10,16H,1-3,8-9,11-13H2,(H,19,21)/p+1/b18-10-. The molecular formula is C17H24N3O2S+. The van der Waals surface area contributed by atoms with E-state index < -0.39 is 0 Å². The van der Waals surface area contributed by atoms with E-state index in [0.717, 1.165) is 35.9 Å². The Morgan fingerprint density at radius 1 is 1.26 bits per heavy atom. The van der Waals surface area contributed by atoms with Gasteiger partial charge in [0.05, 0.1) is 19.3 Å². The van der Waals surface area contributed by atoms with Crippen LogP contribution in [0.15, 0.2) is 29.4 Å². The van der Waals surface area contributed by atoms with Crippen molar-refractivity contribution in [1.82, 2.24) is 5.43 Å². The molecule has 5 nitrogen and oxygen atoms in total. The van der Waals surface area contributed by atoms with Crippen molar-refractivity contribution >= 4 is 23.9 Å². The zero-order valence-corrected chi connectivity index (χ0v) is 14.1. The zero-order valence-electron chi connectivity index (χ0n) is 13.3. The van der Waals surface area contributed by atoms with Crippen molar-refractivity contribution in [2.45, 2.75) is 25.4 Å². The van der Waals surface area contributed by atoms with Gasteiger partial charge in [-0.1, -0.05) is 0 Å². The average molecular weight is 334 g/mol. The van der Waals surface area contributed by atoms with Crippen LogP contribution >= 0.6 is 11.8 Å². The molecule has 2 saturated heterocycles. The molecule has 1 aromatic carbocycles. The minimum atomic E-state index is -0.0133. The maximum Gasteiger partial charge on any atom is 0.295 e. The van der Waals surface area contributed by atoms with Gasteiger partial charge in [-0.05, 0) is 49.1 Å². The van der Waals surface area contributed by atoms with E-state index in [9.17, 15) is 4.79 Å². The fourth-order valence-electron chi connectivity index (χ4n) is 2.78. The smallest absolute Gasteiger partial charge is 0.295 e. The van der Waals surface area contributed by atoms with Crippen molar-refractivity contribution in [2.75, 3.05) is 31.1 Å². The molecule has 0 aliphatic carbocycles. The molecule has 2 heterocycles. The summed E-state index contributed by atoms with van der Waals surface area (Å²) < 4.78 is 5.79. The number of amides is 1. The molecule has 0 spiro atoms. The monoisotopic (exact) mass is 334 g/mol. The molecule has 1 aromatic rings. The summed E-state index contributed by atoms with van der Waals surface area (Å²) in [5, 5.41) is 4.04. The number of benzene rings is 1. The van der Waals surface area contributed by atoms with E-state index in [4.69, 9.17) is 4.74 Å². The molecule has 1 amide bonds. The Hall–Kier alpha value is -1.53. The number of hydrogen-bond acceptors (Lipinski definition) is 4. The molecule has 0 saturated carbocycles. The molecule has 124 valence electrons. The molecule has 2 aliphatic heterocycles. The van der Waals surface area contributed by atoms with Crippen molar-refractivity contribution in [3.8, 4) is 5.75 Å². The van der Waals surface area contributed by atoms with Gasteiger partial charge in [-0.25, -0.2) is 5.43 Å². The van der Waals surface area contributed by atoms with E-state index in [-0.39, 0.29) is 5.91 Å². The van der Waals surface area contributed by atoms with Gasteiger partial charge in [-0.2, -0.15) is 16.9 Å². The molecule has 3 rings (SSSR count). The number of nitrogens with one attached hydrogen (secondary N) is 2. The van der Waals surface area contributed by atoms with Gasteiger partial charge in [0.15, 0.2) is 6.54 Å². The van der Waals surface area contributed by atoms with E-state index in [0.29, 0.717) is 12.6 Å². The molecule has 6 heteroatoms. The number of piperidine rings is 1. The summed E-state index contributed by atoms with van der Waals surface area (Å²) in [7, 11) is 0. The summed E-state index contributed by atoms with van der Waals surface area (Å²) >= 11 is 1.91. The molecule has 2 aliphatic rings. The van der Waals surface area contributed by atoms with Gasteiger partial charge in [0, 0.05) is 11.5 Å². The van der Waals surface area contributed by atoms with Crippen LogP contribution in [0.25, 0.3) is 0 Å². The Balaban J connectivity index is 1.40. The molecule has 2 fully saturated rings. The number of ether oxygens (including phenoxy) is 1. The van der Waals surface area contributed by atoms with Gasteiger partial charge in [0.1, 0.15) is 11.9 Å². The van der Waals surface area contributed by atoms with E-state index >= 15 is 0 Å². The summed E-state index contributed by atoms with van der Waals surface area (Å²) in [6.07, 6.45) is 5.77. The van der Waals surface area contributed by atoms with Crippen molar-refractivity contribution in [3.63, 3.8) is 0 Å². The summed E-state index contributed by atoms with van der Waals surface area (Å²) in [4.78, 5) is 13.2. The SMILES string of the molecule is O=C(C[NH+]1CCCCC1)N/N=C\c1ccc(OC2CSC2)cc1. The van der Waals surface area contributed by atoms with Crippen LogP contribution in [0, 0.1) is 0 Å². The minimum absolute atomic E-state index is 0.0133. The van der Waals surface area contributed by atoms with Crippen LogP contribution in [0.1, 0.15) is 24.8 Å². The Kier molecular flexibility index (Phi) is 5.93. The highest BCUT2D eigenvalue weighted by atomic mass is 32.2. The fraction of sp³-hybridized carbons (Fsp3) is 0.529. The Bertz CT molecular complexity index is 537. The number of nitrogens with zero attached hydrogens (tertiary/aromatic N) is 1. The first-order valence-corrected chi connectivity index (χ1v) is 9.45. The average Bonchev–Trinajstić information content (AvgIpc) is 2.53. The molecular weight excluding hydrogens is 310 g/mol. The molecule has 2 N–H and O–H groups in total. The topological polar surface area (TPSA) is 55.1 Å². The molecule has 0 aromatic heterocycles. The molecule has 0 unspecified atom stereocenters. The number of carbonyl (C=O) groups is 1. The quantitative estimate of drug-likeness (QED) is 0.595. The lowest BCUT2D eigenvalue weighted by Crippen LogP contribution is -3.13. The third kappa shape index (κ3) is 5.25. The number of likely N-dealkylation sites (tertiary alicyclic amines) is 1. The largest absolute Gasteiger partial charge is 0.489 e. The van der Waals surface area contributed by atoms with Crippen molar-refractivity contribution < 1.29 is 14.4 Å². The van der Waals surface area contributed by atoms with Gasteiger partial charge in [0.2, 0.25) is 0 Å². The van der Waals surface area contributed by atoms with Crippen molar-refractivity contribution in [1.29, 1.82) is 0 Å². The highest BCUT2D eigenvalue weighted by molar-refractivity contribution is 8.00. The van der Waals surface area contributed by atoms with Crippen LogP contribution < -0.4 is 15.1 Å². The second-order valence-electron chi connectivity index (χ2n) is 6.13. The van der Waals surface area contributed by atoms with Crippen LogP contribution in [0.3, 0.4) is 0 Å². The Morgan fingerprint density at radius 2 is 2.00 bits per heavy atom. The van der Waals surface area contributed by atoms with Gasteiger partial charge in [-0.3, -0.25) is 4.79 Å². The molecule has 23 heavy (non-hydrogen) atoms. The lowest BCUT2D eigenvalue weighted by molar-refractivity contribution is -0.896. The van der Waals surface area contributed by atoms with Gasteiger partial charge < -0.3 is 9.64 Å². The first kappa shape index (κ1) is 16.3. The van der Waals surface area contributed by atoms with Crippen LogP contribution in [-0.4, -0.2) is 49.4 Å². The number of hydrazone groups is 1. The predicted molar refractivity (Wildman–Crippen MR) is 93.3 cm³/mol. The Morgan fingerprint density at radius 3 is 2.65 bits per heavy atom. The van der Waals surface area contributed by atoms with Crippen molar-refractivity contribution in [2.24, 2.45) is 5.10 Å². The van der Waals surface area contributed by atoms with Crippen LogP contribution in [0.5, 0.6) is 5.75 Å². The second kappa shape index (κ2) is 8.36. The summed E-state index contributed by atoms with van der Waals surface area (Å²) in [6, 6.07) is 7.80. The predicted octanol–water partition coefficient (Wildman–Crippen LogP) is 0.700. The van der Waals surface area contributed by atoms with Crippen LogP contribution in [-0.2, 0) is 4.79 Å². The maximum absolute atomic E-state index is 11.8. The number of thioether (sulfide) groups is 1. The Labute approximate surface area is 141 Å². The fourth-order valence-corrected chi connectivity index (χ4v) is 3.35. The summed E-state index contributed by atoms with van der Waals surface area (Å²) in [6.45, 7) is 2.71. The lowest BCUT2D eigenvalue weighted by atomic mass is 10.1. The van der Waals surface area contributed by atoms with Crippen LogP contribution in [0.4, 0.5) is 0 Å². The molecule has 0 atom stereocenters. The number of rotatable bonds is 6. The highest BCUT2D eigenvalue weighted by Gasteiger charge is 2.19. The first-order valence-electron chi connectivity index (χ1n) is 8.29. The van der Waals surface area contributed by atoms with E-state index in [1.54, 1.807) is 6.21 Å². The number of quaternary nitrogens is 1. The third-order valence-electron chi connectivity index (χ3n) is 4.16. The maximum atomic E-state index is 11.8. The number of hydrogen-bond donors (Lipinski definition) is 2. The van der Waals surface area contributed by atoms with E-state index in [2.05, 4.69) is 10.5 Å². The number of carbonyl (C=O) groups excluding carboxylic acids is 1. The normalized spacial score (nSPS) is 19.5. The lowest BCUT2D eigenvalue weighted by Gasteiger charge is -2.25. The summed E-state index contributed by atoms with van der Waals surface area (Å²) in [5.41, 5.74) is 3.57. The van der Waals surface area contributed by atoms with E-state index in [1.807, 2.05) is 36.0 Å². The van der Waals surface area contributed by atoms with E-state index in [1.165, 1.54) is 24.2 Å². The van der Waals surface area contributed by atoms with Gasteiger partial charge in [0.25, 0.3) is 5.91 Å². The van der Waals surface area contributed by atoms with Crippen LogP contribution in [0.2, 0.25) is 0 Å². The van der Waals surface area contributed by atoms with Gasteiger partial charge in [-0.15, -0.1) is 0 Å². The second-order valence-corrected chi connectivity index (χ2v) is 7.20. The molecule has 0 bridgehead atoms. The highest BCUT2D eigenvalue weighted by Crippen LogP contribution is 2.23. The summed E-state index contributed by atoms with van der Waals surface area (Å²) in [5.74, 6) is 3.04. The third-order valence-corrected chi connectivity index (χ3v) is 5.38.